The van der Waals surface area contributed by atoms with Crippen molar-refractivity contribution in [1.82, 2.24) is 0 Å². The van der Waals surface area contributed by atoms with Crippen molar-refractivity contribution in [3.8, 4) is 11.5 Å². The smallest absolute Gasteiger partial charge is 0.399 e. The molecule has 1 unspecified atom stereocenters. The van der Waals surface area contributed by atoms with E-state index in [1.165, 1.54) is 70.3 Å². The van der Waals surface area contributed by atoms with E-state index in [-0.39, 0.29) is 56.5 Å². The van der Waals surface area contributed by atoms with Gasteiger partial charge in [-0.05, 0) is 67.3 Å². The summed E-state index contributed by atoms with van der Waals surface area (Å²) in [5, 5.41) is 25.7. The molecular weight excluding hydrogens is 461 g/mol. The van der Waals surface area contributed by atoms with Gasteiger partial charge in [0, 0.05) is 18.2 Å². The number of benzene rings is 3. The Bertz CT molecular complexity index is 1300. The van der Waals surface area contributed by atoms with Crippen molar-refractivity contribution < 1.29 is 33.0 Å². The number of phenolic OH excluding ortho intramolecular Hbond substituents is 2. The van der Waals surface area contributed by atoms with Gasteiger partial charge in [-0.1, -0.05) is 24.3 Å². The highest BCUT2D eigenvalue weighted by molar-refractivity contribution is 6.06. The largest absolute Gasteiger partial charge is 0.506 e. The molecule has 35 heavy (non-hydrogen) atoms. The number of carbonyl (C=O) groups is 2. The van der Waals surface area contributed by atoms with Crippen molar-refractivity contribution in [2.24, 2.45) is 0 Å². The van der Waals surface area contributed by atoms with E-state index < -0.39 is 18.0 Å². The molecule has 4 N–H and O–H groups in total. The van der Waals surface area contributed by atoms with Crippen LogP contribution in [-0.2, 0) is 0 Å². The number of rotatable bonds is 6. The molecule has 0 bridgehead atoms. The molecule has 184 valence electrons. The Hall–Kier alpha value is -4.01. The first kappa shape index (κ1) is 25.6. The molecule has 3 aromatic rings. The molecule has 0 radical (unpaired) electrons. The summed E-state index contributed by atoms with van der Waals surface area (Å²) in [5.41, 5.74) is 0.429. The van der Waals surface area contributed by atoms with Gasteiger partial charge in [0.15, 0.2) is 5.78 Å². The minimum Gasteiger partial charge on any atom is -0.506 e. The lowest BCUT2D eigenvalue weighted by molar-refractivity contribution is -0.141. The standard InChI is InChI=1S/C26H25F3N2O4/c1-13-8-18(11-20(30-4)23(13)33)22(26(27,28)29)19-9-14(2)24(34)21(12-19)31-25(35)17-7-5-6-16(10-17)15(3)32/h5-12,22,30,33-34H,1-4H3,(H,31,35). The number of hydrogen-bond acceptors (Lipinski definition) is 5. The van der Waals surface area contributed by atoms with Crippen LogP contribution in [0.15, 0.2) is 48.5 Å². The molecule has 0 aliphatic carbocycles. The lowest BCUT2D eigenvalue weighted by Crippen LogP contribution is -2.23. The quantitative estimate of drug-likeness (QED) is 0.257. The van der Waals surface area contributed by atoms with E-state index >= 15 is 0 Å². The highest BCUT2D eigenvalue weighted by atomic mass is 19.4. The van der Waals surface area contributed by atoms with Gasteiger partial charge in [0.2, 0.25) is 0 Å². The summed E-state index contributed by atoms with van der Waals surface area (Å²) in [6.45, 7) is 4.27. The van der Waals surface area contributed by atoms with Gasteiger partial charge in [0.1, 0.15) is 17.4 Å². The predicted molar refractivity (Wildman–Crippen MR) is 128 cm³/mol. The zero-order valence-electron chi connectivity index (χ0n) is 19.5. The second kappa shape index (κ2) is 9.69. The van der Waals surface area contributed by atoms with Crippen LogP contribution in [0.5, 0.6) is 11.5 Å². The first-order valence-electron chi connectivity index (χ1n) is 10.7. The van der Waals surface area contributed by atoms with Crippen LogP contribution in [0.2, 0.25) is 0 Å². The molecule has 0 aliphatic heterocycles. The Morgan fingerprint density at radius 1 is 0.857 bits per heavy atom. The van der Waals surface area contributed by atoms with Crippen molar-refractivity contribution in [1.29, 1.82) is 0 Å². The minimum absolute atomic E-state index is 0.111. The Morgan fingerprint density at radius 3 is 1.89 bits per heavy atom. The van der Waals surface area contributed by atoms with E-state index in [1.807, 2.05) is 0 Å². The number of phenols is 2. The average molecular weight is 486 g/mol. The first-order chi connectivity index (χ1) is 16.3. The number of anilines is 2. The van der Waals surface area contributed by atoms with E-state index in [9.17, 15) is 33.0 Å². The molecule has 0 saturated carbocycles. The summed E-state index contributed by atoms with van der Waals surface area (Å²) in [6.07, 6.45) is -4.71. The molecule has 0 fully saturated rings. The van der Waals surface area contributed by atoms with Crippen LogP contribution in [0.3, 0.4) is 0 Å². The highest BCUT2D eigenvalue weighted by Gasteiger charge is 2.43. The number of alkyl halides is 3. The normalized spacial score (nSPS) is 12.2. The summed E-state index contributed by atoms with van der Waals surface area (Å²) in [5.74, 6) is -3.56. The van der Waals surface area contributed by atoms with Crippen molar-refractivity contribution in [3.05, 3.63) is 81.9 Å². The lowest BCUT2D eigenvalue weighted by atomic mass is 9.87. The molecule has 0 heterocycles. The Morgan fingerprint density at radius 2 is 1.37 bits per heavy atom. The number of nitrogens with one attached hydrogen (secondary N) is 2. The molecule has 0 saturated heterocycles. The molecule has 1 atom stereocenters. The number of aryl methyl sites for hydroxylation is 2. The number of Topliss-reactive ketones (excluding diaryl/α,β-unsaturated/α-hetero) is 1. The van der Waals surface area contributed by atoms with Gasteiger partial charge in [-0.25, -0.2) is 0 Å². The molecular formula is C26H25F3N2O4. The van der Waals surface area contributed by atoms with Gasteiger partial charge >= 0.3 is 6.18 Å². The third kappa shape index (κ3) is 5.40. The van der Waals surface area contributed by atoms with Crippen LogP contribution in [0, 0.1) is 13.8 Å². The fourth-order valence-corrected chi connectivity index (χ4v) is 3.88. The van der Waals surface area contributed by atoms with E-state index in [1.54, 1.807) is 0 Å². The zero-order valence-corrected chi connectivity index (χ0v) is 19.5. The van der Waals surface area contributed by atoms with Crippen LogP contribution >= 0.6 is 0 Å². The number of ketones is 1. The topological polar surface area (TPSA) is 98.7 Å². The fourth-order valence-electron chi connectivity index (χ4n) is 3.88. The monoisotopic (exact) mass is 486 g/mol. The summed E-state index contributed by atoms with van der Waals surface area (Å²) in [4.78, 5) is 24.4. The minimum atomic E-state index is -4.71. The molecule has 3 aromatic carbocycles. The molecule has 0 aliphatic rings. The Balaban J connectivity index is 2.09. The summed E-state index contributed by atoms with van der Waals surface area (Å²) >= 11 is 0. The van der Waals surface area contributed by atoms with E-state index in [4.69, 9.17) is 0 Å². The maximum atomic E-state index is 14.3. The molecule has 0 aromatic heterocycles. The van der Waals surface area contributed by atoms with Crippen molar-refractivity contribution in [2.45, 2.75) is 32.9 Å². The predicted octanol–water partition coefficient (Wildman–Crippen LogP) is 5.91. The maximum Gasteiger partial charge on any atom is 0.399 e. The SMILES string of the molecule is CNc1cc(C(c2cc(C)c(O)c(NC(=O)c3cccc(C(C)=O)c3)c2)C(F)(F)F)cc(C)c1O. The second-order valence-corrected chi connectivity index (χ2v) is 8.28. The second-order valence-electron chi connectivity index (χ2n) is 8.28. The fraction of sp³-hybridized carbons (Fsp3) is 0.231. The lowest BCUT2D eigenvalue weighted by Gasteiger charge is -2.24. The molecule has 0 spiro atoms. The summed E-state index contributed by atoms with van der Waals surface area (Å²) in [7, 11) is 1.49. The summed E-state index contributed by atoms with van der Waals surface area (Å²) in [6, 6.07) is 10.6. The number of carbonyl (C=O) groups excluding carboxylic acids is 2. The third-order valence-corrected chi connectivity index (χ3v) is 5.69. The number of halogens is 3. The van der Waals surface area contributed by atoms with Crippen LogP contribution in [0.25, 0.3) is 0 Å². The first-order valence-corrected chi connectivity index (χ1v) is 10.7. The van der Waals surface area contributed by atoms with Crippen LogP contribution in [0.4, 0.5) is 24.5 Å². The average Bonchev–Trinajstić information content (AvgIpc) is 2.78. The van der Waals surface area contributed by atoms with Gasteiger partial charge in [0.05, 0.1) is 11.4 Å². The number of aromatic hydroxyl groups is 2. The maximum absolute atomic E-state index is 14.3. The zero-order chi connectivity index (χ0) is 26.1. The molecule has 9 heteroatoms. The van der Waals surface area contributed by atoms with Gasteiger partial charge in [0.25, 0.3) is 5.91 Å². The Labute approximate surface area is 200 Å². The van der Waals surface area contributed by atoms with E-state index in [0.29, 0.717) is 5.56 Å². The molecule has 3 rings (SSSR count). The van der Waals surface area contributed by atoms with E-state index in [0.717, 1.165) is 6.07 Å². The molecule has 6 nitrogen and oxygen atoms in total. The summed E-state index contributed by atoms with van der Waals surface area (Å²) < 4.78 is 42.9. The van der Waals surface area contributed by atoms with Gasteiger partial charge < -0.3 is 20.8 Å². The van der Waals surface area contributed by atoms with E-state index in [2.05, 4.69) is 10.6 Å². The van der Waals surface area contributed by atoms with Gasteiger partial charge in [-0.3, -0.25) is 9.59 Å². The molecule has 1 amide bonds. The Kier molecular flexibility index (Phi) is 7.09. The van der Waals surface area contributed by atoms with Gasteiger partial charge in [-0.2, -0.15) is 13.2 Å². The number of amides is 1. The number of hydrogen-bond donors (Lipinski definition) is 4. The third-order valence-electron chi connectivity index (χ3n) is 5.69. The highest BCUT2D eigenvalue weighted by Crippen LogP contribution is 2.45. The van der Waals surface area contributed by atoms with Crippen molar-refractivity contribution in [2.75, 3.05) is 17.7 Å². The van der Waals surface area contributed by atoms with Crippen LogP contribution in [-0.4, -0.2) is 35.1 Å². The van der Waals surface area contributed by atoms with Crippen molar-refractivity contribution >= 4 is 23.1 Å². The van der Waals surface area contributed by atoms with Gasteiger partial charge in [-0.15, -0.1) is 0 Å². The van der Waals surface area contributed by atoms with Crippen LogP contribution in [0.1, 0.15) is 55.8 Å². The van der Waals surface area contributed by atoms with Crippen LogP contribution < -0.4 is 10.6 Å². The van der Waals surface area contributed by atoms with Crippen molar-refractivity contribution in [3.63, 3.8) is 0 Å².